The number of unbranched alkanes of at least 4 members (excludes halogenated alkanes) is 1. The van der Waals surface area contributed by atoms with Crippen molar-refractivity contribution in [3.63, 3.8) is 0 Å². The van der Waals surface area contributed by atoms with E-state index in [-0.39, 0.29) is 23.7 Å². The van der Waals surface area contributed by atoms with Crippen molar-refractivity contribution in [1.82, 2.24) is 19.2 Å². The largest absolute Gasteiger partial charge is 0.326 e. The number of nitrogens with one attached hydrogen (secondary N) is 1. The lowest BCUT2D eigenvalue weighted by Crippen LogP contribution is -2.23. The lowest BCUT2D eigenvalue weighted by molar-refractivity contribution is -0.115. The number of amides is 1. The third-order valence-corrected chi connectivity index (χ3v) is 5.83. The van der Waals surface area contributed by atoms with Gasteiger partial charge < -0.3 is 5.32 Å². The van der Waals surface area contributed by atoms with E-state index < -0.39 is 0 Å². The molecule has 0 atom stereocenters. The second-order valence-corrected chi connectivity index (χ2v) is 8.16. The van der Waals surface area contributed by atoms with E-state index in [4.69, 9.17) is 0 Å². The number of carbonyl (C=O) groups excluding carboxylic acids is 1. The van der Waals surface area contributed by atoms with Gasteiger partial charge >= 0.3 is 0 Å². The summed E-state index contributed by atoms with van der Waals surface area (Å²) in [6.45, 7) is 2.65. The fourth-order valence-electron chi connectivity index (χ4n) is 3.34. The highest BCUT2D eigenvalue weighted by Gasteiger charge is 2.16. The lowest BCUT2D eigenvalue weighted by Gasteiger charge is -2.10. The van der Waals surface area contributed by atoms with Crippen LogP contribution in [0.15, 0.2) is 58.5 Å². The first-order valence-electron chi connectivity index (χ1n) is 10.1. The predicted molar refractivity (Wildman–Crippen MR) is 120 cm³/mol. The van der Waals surface area contributed by atoms with Crippen LogP contribution in [0, 0.1) is 5.82 Å². The van der Waals surface area contributed by atoms with Gasteiger partial charge in [0.1, 0.15) is 5.82 Å². The summed E-state index contributed by atoms with van der Waals surface area (Å²) in [5, 5.41) is 12.6. The molecule has 160 valence electrons. The van der Waals surface area contributed by atoms with Crippen LogP contribution in [0.2, 0.25) is 0 Å². The van der Waals surface area contributed by atoms with Crippen molar-refractivity contribution in [2.24, 2.45) is 0 Å². The number of para-hydroxylation sites is 1. The molecule has 1 amide bonds. The van der Waals surface area contributed by atoms with Crippen LogP contribution in [0.5, 0.6) is 0 Å². The molecule has 0 spiro atoms. The second kappa shape index (κ2) is 9.30. The zero-order valence-corrected chi connectivity index (χ0v) is 17.9. The average Bonchev–Trinajstić information content (AvgIpc) is 3.19. The Morgan fingerprint density at radius 2 is 1.90 bits per heavy atom. The molecular formula is C22H22FN5O2S. The monoisotopic (exact) mass is 439 g/mol. The molecule has 0 saturated carbocycles. The predicted octanol–water partition coefficient (Wildman–Crippen LogP) is 4.10. The molecular weight excluding hydrogens is 417 g/mol. The zero-order valence-electron chi connectivity index (χ0n) is 17.0. The van der Waals surface area contributed by atoms with E-state index in [2.05, 4.69) is 22.4 Å². The normalized spacial score (nSPS) is 11.3. The van der Waals surface area contributed by atoms with Gasteiger partial charge in [-0.15, -0.1) is 10.2 Å². The number of carbonyl (C=O) groups is 1. The van der Waals surface area contributed by atoms with E-state index in [0.29, 0.717) is 34.3 Å². The second-order valence-electron chi connectivity index (χ2n) is 7.10. The van der Waals surface area contributed by atoms with Gasteiger partial charge in [0.25, 0.3) is 5.56 Å². The molecule has 4 aromatic rings. The number of hydrogen-bond acceptors (Lipinski definition) is 5. The first-order valence-corrected chi connectivity index (χ1v) is 11.1. The number of anilines is 1. The Hall–Kier alpha value is -3.20. The first kappa shape index (κ1) is 21.0. The molecule has 4 rings (SSSR count). The molecule has 9 heteroatoms. The Morgan fingerprint density at radius 1 is 1.13 bits per heavy atom. The Balaban J connectivity index is 1.55. The smallest absolute Gasteiger partial charge is 0.262 e. The van der Waals surface area contributed by atoms with E-state index in [0.717, 1.165) is 18.4 Å². The van der Waals surface area contributed by atoms with Crippen molar-refractivity contribution < 1.29 is 9.18 Å². The molecule has 0 fully saturated rings. The quantitative estimate of drug-likeness (QED) is 0.418. The summed E-state index contributed by atoms with van der Waals surface area (Å²) < 4.78 is 16.5. The first-order chi connectivity index (χ1) is 15.1. The van der Waals surface area contributed by atoms with Crippen LogP contribution >= 0.6 is 11.8 Å². The van der Waals surface area contributed by atoms with Crippen LogP contribution in [-0.4, -0.2) is 30.8 Å². The lowest BCUT2D eigenvalue weighted by atomic mass is 10.2. The van der Waals surface area contributed by atoms with Crippen molar-refractivity contribution >= 4 is 40.0 Å². The highest BCUT2D eigenvalue weighted by atomic mass is 32.2. The molecule has 0 unspecified atom stereocenters. The Labute approximate surface area is 182 Å². The van der Waals surface area contributed by atoms with Gasteiger partial charge in [-0.2, -0.15) is 0 Å². The Morgan fingerprint density at radius 3 is 2.68 bits per heavy atom. The third-order valence-electron chi connectivity index (χ3n) is 4.90. The molecule has 2 aromatic heterocycles. The summed E-state index contributed by atoms with van der Waals surface area (Å²) >= 11 is 1.40. The molecule has 0 saturated heterocycles. The molecule has 2 heterocycles. The number of fused-ring (bicyclic) bond motifs is 3. The van der Waals surface area contributed by atoms with Gasteiger partial charge in [-0.3, -0.25) is 18.6 Å². The van der Waals surface area contributed by atoms with Crippen molar-refractivity contribution in [1.29, 1.82) is 0 Å². The zero-order chi connectivity index (χ0) is 21.8. The van der Waals surface area contributed by atoms with Crippen LogP contribution in [-0.2, 0) is 11.3 Å². The number of aryl methyl sites for hydroxylation is 1. The van der Waals surface area contributed by atoms with Crippen molar-refractivity contribution in [2.45, 2.75) is 37.9 Å². The molecule has 2 aromatic carbocycles. The summed E-state index contributed by atoms with van der Waals surface area (Å²) in [7, 11) is 0. The minimum absolute atomic E-state index is 0.0702. The number of rotatable bonds is 8. The van der Waals surface area contributed by atoms with E-state index in [1.807, 2.05) is 28.7 Å². The Bertz CT molecular complexity index is 1280. The van der Waals surface area contributed by atoms with Crippen LogP contribution in [0.3, 0.4) is 0 Å². The highest BCUT2D eigenvalue weighted by Crippen LogP contribution is 2.22. The summed E-state index contributed by atoms with van der Waals surface area (Å²) in [6, 6.07) is 13.1. The number of hydrogen-bond donors (Lipinski definition) is 1. The summed E-state index contributed by atoms with van der Waals surface area (Å²) in [6.07, 6.45) is 2.08. The molecule has 0 bridgehead atoms. The number of nitrogens with zero attached hydrogens (tertiary/aromatic N) is 4. The fourth-order valence-corrected chi connectivity index (χ4v) is 4.21. The molecule has 0 radical (unpaired) electrons. The topological polar surface area (TPSA) is 81.3 Å². The van der Waals surface area contributed by atoms with Gasteiger partial charge in [0, 0.05) is 24.4 Å². The van der Waals surface area contributed by atoms with Crippen molar-refractivity contribution in [2.75, 3.05) is 11.1 Å². The molecule has 0 aliphatic rings. The van der Waals surface area contributed by atoms with Gasteiger partial charge in [0.05, 0.1) is 10.9 Å². The van der Waals surface area contributed by atoms with Gasteiger partial charge in [-0.25, -0.2) is 4.39 Å². The Kier molecular flexibility index (Phi) is 6.31. The van der Waals surface area contributed by atoms with E-state index in [1.54, 1.807) is 4.57 Å². The van der Waals surface area contributed by atoms with E-state index in [9.17, 15) is 14.0 Å². The number of aromatic nitrogens is 4. The van der Waals surface area contributed by atoms with Gasteiger partial charge in [-0.05, 0) is 42.8 Å². The van der Waals surface area contributed by atoms with Gasteiger partial charge in [0.15, 0.2) is 5.16 Å². The van der Waals surface area contributed by atoms with Crippen LogP contribution < -0.4 is 10.9 Å². The van der Waals surface area contributed by atoms with Gasteiger partial charge in [0.2, 0.25) is 11.7 Å². The van der Waals surface area contributed by atoms with E-state index in [1.165, 1.54) is 36.0 Å². The molecule has 31 heavy (non-hydrogen) atoms. The maximum absolute atomic E-state index is 13.0. The van der Waals surface area contributed by atoms with Gasteiger partial charge in [-0.1, -0.05) is 37.2 Å². The molecule has 1 N–H and O–H groups in total. The number of halogens is 1. The minimum Gasteiger partial charge on any atom is -0.326 e. The van der Waals surface area contributed by atoms with E-state index >= 15 is 0 Å². The number of thioether (sulfide) groups is 1. The third kappa shape index (κ3) is 4.46. The average molecular weight is 440 g/mol. The van der Waals surface area contributed by atoms with Crippen molar-refractivity contribution in [3.8, 4) is 0 Å². The summed E-state index contributed by atoms with van der Waals surface area (Å²) in [4.78, 5) is 25.2. The SMILES string of the molecule is CCCCn1c(=O)c2ccccc2n2c(SCCC(=O)Nc3ccc(F)cc3)nnc12. The maximum Gasteiger partial charge on any atom is 0.262 e. The fraction of sp³-hybridized carbons (Fsp3) is 0.273. The van der Waals surface area contributed by atoms with Crippen molar-refractivity contribution in [3.05, 3.63) is 64.7 Å². The molecule has 0 aliphatic carbocycles. The molecule has 0 aliphatic heterocycles. The van der Waals surface area contributed by atoms with Crippen LogP contribution in [0.1, 0.15) is 26.2 Å². The van der Waals surface area contributed by atoms with Crippen LogP contribution in [0.4, 0.5) is 10.1 Å². The standard InChI is InChI=1S/C22H22FN5O2S/c1-2-3-13-27-20(30)17-6-4-5-7-18(17)28-21(27)25-26-22(28)31-14-12-19(29)24-16-10-8-15(23)9-11-16/h4-11H,2-3,12-14H2,1H3,(H,24,29). The summed E-state index contributed by atoms with van der Waals surface area (Å²) in [5.74, 6) is 0.473. The minimum atomic E-state index is -0.350. The number of benzene rings is 2. The molecule has 7 nitrogen and oxygen atoms in total. The maximum atomic E-state index is 13.0. The van der Waals surface area contributed by atoms with Crippen LogP contribution in [0.25, 0.3) is 16.7 Å². The summed E-state index contributed by atoms with van der Waals surface area (Å²) in [5.41, 5.74) is 1.23. The highest BCUT2D eigenvalue weighted by molar-refractivity contribution is 7.99.